The van der Waals surface area contributed by atoms with Crippen LogP contribution in [-0.2, 0) is 4.74 Å². The fraction of sp³-hybridized carbons (Fsp3) is 0.409. The lowest BCUT2D eigenvalue weighted by Crippen LogP contribution is -2.47. The predicted octanol–water partition coefficient (Wildman–Crippen LogP) is 4.80. The number of amides is 2. The number of piperidine rings is 1. The molecular weight excluding hydrogens is 404 g/mol. The smallest absolute Gasteiger partial charge is 0.410 e. The maximum absolute atomic E-state index is 12.8. The van der Waals surface area contributed by atoms with E-state index < -0.39 is 5.60 Å². The second-order valence-electron chi connectivity index (χ2n) is 8.27. The number of aromatic nitrogens is 1. The molecule has 1 aromatic heterocycles. The number of benzene rings is 1. The van der Waals surface area contributed by atoms with Crippen LogP contribution in [0.25, 0.3) is 0 Å². The largest absolute Gasteiger partial charge is 0.444 e. The van der Waals surface area contributed by atoms with E-state index in [0.29, 0.717) is 35.2 Å². The number of ether oxygens (including phenoxy) is 1. The van der Waals surface area contributed by atoms with Gasteiger partial charge in [0.25, 0.3) is 5.91 Å². The highest BCUT2D eigenvalue weighted by Crippen LogP contribution is 2.21. The molecule has 30 heavy (non-hydrogen) atoms. The van der Waals surface area contributed by atoms with Crippen LogP contribution in [0.4, 0.5) is 16.3 Å². The number of nitrogens with one attached hydrogen (secondary N) is 2. The Balaban J connectivity index is 1.68. The first-order valence-corrected chi connectivity index (χ1v) is 10.4. The van der Waals surface area contributed by atoms with Crippen molar-refractivity contribution in [2.45, 2.75) is 45.3 Å². The molecule has 0 radical (unpaired) electrons. The van der Waals surface area contributed by atoms with Crippen LogP contribution >= 0.6 is 11.6 Å². The minimum absolute atomic E-state index is 0.0288. The number of carbonyl (C=O) groups is 2. The molecule has 1 atom stereocenters. The van der Waals surface area contributed by atoms with Gasteiger partial charge in [0, 0.05) is 36.0 Å². The lowest BCUT2D eigenvalue weighted by molar-refractivity contribution is 0.0206. The highest BCUT2D eigenvalue weighted by atomic mass is 35.5. The molecule has 0 spiro atoms. The molecule has 2 N–H and O–H groups in total. The first-order chi connectivity index (χ1) is 14.2. The van der Waals surface area contributed by atoms with Crippen molar-refractivity contribution in [3.8, 4) is 0 Å². The molecule has 1 aliphatic rings. The zero-order valence-corrected chi connectivity index (χ0v) is 18.2. The summed E-state index contributed by atoms with van der Waals surface area (Å²) in [5.41, 5.74) is 0.493. The van der Waals surface area contributed by atoms with Crippen molar-refractivity contribution in [2.75, 3.05) is 23.7 Å². The minimum atomic E-state index is -0.538. The van der Waals surface area contributed by atoms with E-state index in [0.717, 1.165) is 12.8 Å². The Labute approximate surface area is 181 Å². The molecule has 3 rings (SSSR count). The zero-order valence-electron chi connectivity index (χ0n) is 17.4. The van der Waals surface area contributed by atoms with E-state index >= 15 is 0 Å². The Hall–Kier alpha value is -2.80. The highest BCUT2D eigenvalue weighted by molar-refractivity contribution is 6.31. The first kappa shape index (κ1) is 21.9. The second-order valence-corrected chi connectivity index (χ2v) is 8.71. The predicted molar refractivity (Wildman–Crippen MR) is 118 cm³/mol. The van der Waals surface area contributed by atoms with Crippen LogP contribution in [0.5, 0.6) is 0 Å². The zero-order chi connectivity index (χ0) is 21.7. The maximum atomic E-state index is 12.8. The third-order valence-electron chi connectivity index (χ3n) is 4.55. The molecular formula is C22H27ClN4O3. The average Bonchev–Trinajstić information content (AvgIpc) is 2.67. The Kier molecular flexibility index (Phi) is 6.82. The van der Waals surface area contributed by atoms with Gasteiger partial charge in [-0.1, -0.05) is 17.7 Å². The van der Waals surface area contributed by atoms with E-state index in [1.54, 1.807) is 47.5 Å². The van der Waals surface area contributed by atoms with E-state index in [1.807, 2.05) is 20.8 Å². The monoisotopic (exact) mass is 430 g/mol. The van der Waals surface area contributed by atoms with Crippen LogP contribution in [0.1, 0.15) is 44.0 Å². The number of hydrogen-bond donors (Lipinski definition) is 2. The molecule has 0 aliphatic carbocycles. The molecule has 2 heterocycles. The summed E-state index contributed by atoms with van der Waals surface area (Å²) in [5.74, 6) is 0.195. The van der Waals surface area contributed by atoms with Gasteiger partial charge in [-0.15, -0.1) is 0 Å². The molecule has 7 nitrogen and oxygen atoms in total. The second kappa shape index (κ2) is 9.34. The summed E-state index contributed by atoms with van der Waals surface area (Å²) in [5, 5.41) is 6.71. The number of nitrogens with zero attached hydrogens (tertiary/aromatic N) is 2. The van der Waals surface area contributed by atoms with Gasteiger partial charge in [0.1, 0.15) is 11.4 Å². The minimum Gasteiger partial charge on any atom is -0.444 e. The van der Waals surface area contributed by atoms with Crippen LogP contribution < -0.4 is 10.6 Å². The van der Waals surface area contributed by atoms with Gasteiger partial charge >= 0.3 is 6.09 Å². The standard InChI is InChI=1S/C22H27ClN4O3/c1-22(2,3)30-21(29)27-12-6-9-17(14-27)25-19-18(10-5-11-24-19)20(28)26-16-8-4-7-15(23)13-16/h4-5,7-8,10-11,13,17H,6,9,12,14H2,1-3H3,(H,24,25)(H,26,28). The Morgan fingerprint density at radius 3 is 2.77 bits per heavy atom. The fourth-order valence-electron chi connectivity index (χ4n) is 3.25. The van der Waals surface area contributed by atoms with Gasteiger partial charge in [-0.2, -0.15) is 0 Å². The van der Waals surface area contributed by atoms with E-state index in [4.69, 9.17) is 16.3 Å². The van der Waals surface area contributed by atoms with Crippen LogP contribution in [0.3, 0.4) is 0 Å². The van der Waals surface area contributed by atoms with E-state index in [2.05, 4.69) is 15.6 Å². The molecule has 160 valence electrons. The third kappa shape index (κ3) is 6.10. The molecule has 2 amide bonds. The fourth-order valence-corrected chi connectivity index (χ4v) is 3.44. The highest BCUT2D eigenvalue weighted by Gasteiger charge is 2.28. The van der Waals surface area contributed by atoms with E-state index in [1.165, 1.54) is 0 Å². The van der Waals surface area contributed by atoms with Crippen molar-refractivity contribution >= 4 is 35.1 Å². The van der Waals surface area contributed by atoms with Crippen molar-refractivity contribution in [3.63, 3.8) is 0 Å². The van der Waals surface area contributed by atoms with Gasteiger partial charge in [0.15, 0.2) is 0 Å². The van der Waals surface area contributed by atoms with Crippen LogP contribution in [0.15, 0.2) is 42.6 Å². The number of likely N-dealkylation sites (tertiary alicyclic amines) is 1. The van der Waals surface area contributed by atoms with E-state index in [-0.39, 0.29) is 18.0 Å². The summed E-state index contributed by atoms with van der Waals surface area (Å²) in [6.07, 6.45) is 3.01. The molecule has 1 aliphatic heterocycles. The number of pyridine rings is 1. The summed E-state index contributed by atoms with van der Waals surface area (Å²) < 4.78 is 5.48. The van der Waals surface area contributed by atoms with E-state index in [9.17, 15) is 9.59 Å². The van der Waals surface area contributed by atoms with Crippen LogP contribution in [0.2, 0.25) is 5.02 Å². The van der Waals surface area contributed by atoms with Gasteiger partial charge in [-0.3, -0.25) is 4.79 Å². The third-order valence-corrected chi connectivity index (χ3v) is 4.78. The number of carbonyl (C=O) groups excluding carboxylic acids is 2. The topological polar surface area (TPSA) is 83.6 Å². The summed E-state index contributed by atoms with van der Waals surface area (Å²) in [4.78, 5) is 31.2. The first-order valence-electron chi connectivity index (χ1n) is 9.98. The molecule has 1 aromatic carbocycles. The molecule has 2 aromatic rings. The molecule has 8 heteroatoms. The normalized spacial score (nSPS) is 16.7. The molecule has 0 saturated carbocycles. The quantitative estimate of drug-likeness (QED) is 0.727. The van der Waals surface area contributed by atoms with Gasteiger partial charge < -0.3 is 20.3 Å². The SMILES string of the molecule is CC(C)(C)OC(=O)N1CCCC(Nc2ncccc2C(=O)Nc2cccc(Cl)c2)C1. The number of rotatable bonds is 4. The van der Waals surface area contributed by atoms with Gasteiger partial charge in [-0.05, 0) is 63.9 Å². The molecule has 1 saturated heterocycles. The van der Waals surface area contributed by atoms with Crippen molar-refractivity contribution in [3.05, 3.63) is 53.2 Å². The van der Waals surface area contributed by atoms with Crippen LogP contribution in [-0.4, -0.2) is 46.6 Å². The summed E-state index contributed by atoms with van der Waals surface area (Å²) in [6.45, 7) is 6.69. The Bertz CT molecular complexity index is 913. The van der Waals surface area contributed by atoms with Crippen molar-refractivity contribution in [1.29, 1.82) is 0 Å². The Morgan fingerprint density at radius 1 is 1.23 bits per heavy atom. The summed E-state index contributed by atoms with van der Waals surface area (Å²) in [7, 11) is 0. The van der Waals surface area contributed by atoms with Gasteiger partial charge in [0.2, 0.25) is 0 Å². The van der Waals surface area contributed by atoms with Gasteiger partial charge in [0.05, 0.1) is 5.56 Å². The number of hydrogen-bond acceptors (Lipinski definition) is 5. The maximum Gasteiger partial charge on any atom is 0.410 e. The average molecular weight is 431 g/mol. The summed E-state index contributed by atoms with van der Waals surface area (Å²) >= 11 is 6.00. The van der Waals surface area contributed by atoms with Crippen molar-refractivity contribution < 1.29 is 14.3 Å². The van der Waals surface area contributed by atoms with Gasteiger partial charge in [-0.25, -0.2) is 9.78 Å². The van der Waals surface area contributed by atoms with Crippen LogP contribution in [0, 0.1) is 0 Å². The molecule has 1 unspecified atom stereocenters. The molecule has 1 fully saturated rings. The number of halogens is 1. The van der Waals surface area contributed by atoms with Crippen molar-refractivity contribution in [1.82, 2.24) is 9.88 Å². The number of anilines is 2. The Morgan fingerprint density at radius 2 is 2.03 bits per heavy atom. The lowest BCUT2D eigenvalue weighted by atomic mass is 10.1. The summed E-state index contributed by atoms with van der Waals surface area (Å²) in [6, 6.07) is 10.4. The molecule has 0 bridgehead atoms. The lowest BCUT2D eigenvalue weighted by Gasteiger charge is -2.34. The van der Waals surface area contributed by atoms with Crippen molar-refractivity contribution in [2.24, 2.45) is 0 Å².